The van der Waals surface area contributed by atoms with E-state index in [4.69, 9.17) is 9.47 Å². The second kappa shape index (κ2) is 11.5. The van der Waals surface area contributed by atoms with Crippen molar-refractivity contribution in [1.82, 2.24) is 14.8 Å². The summed E-state index contributed by atoms with van der Waals surface area (Å²) in [5.74, 6) is 0.101. The maximum Gasteiger partial charge on any atom is 0.342 e. The number of hydrogen-bond acceptors (Lipinski definition) is 8. The quantitative estimate of drug-likeness (QED) is 0.479. The number of pyridine rings is 1. The lowest BCUT2D eigenvalue weighted by atomic mass is 10.2. The molecule has 1 aliphatic rings. The number of hydrogen-bond donors (Lipinski definition) is 1. The maximum absolute atomic E-state index is 12.7. The number of anilines is 2. The van der Waals surface area contributed by atoms with Crippen LogP contribution in [0.3, 0.4) is 0 Å². The molecule has 9 nitrogen and oxygen atoms in total. The molecule has 2 aromatic heterocycles. The van der Waals surface area contributed by atoms with Gasteiger partial charge >= 0.3 is 5.97 Å². The number of benzene rings is 1. The Balaban J connectivity index is 1.29. The minimum atomic E-state index is -0.647. The molecule has 35 heavy (non-hydrogen) atoms. The first kappa shape index (κ1) is 24.2. The van der Waals surface area contributed by atoms with E-state index in [-0.39, 0.29) is 24.0 Å². The molecule has 1 fully saturated rings. The van der Waals surface area contributed by atoms with Crippen molar-refractivity contribution in [1.29, 1.82) is 0 Å². The smallest absolute Gasteiger partial charge is 0.342 e. The Morgan fingerprint density at radius 3 is 2.43 bits per heavy atom. The standard InChI is InChI=1S/C25H26N4O5S/c1-2-33-19-9-7-18(8-10-19)27-23-20(5-3-11-26-23)25(32)34-17-22(30)28-12-14-29(15-13-28)24(31)21-6-4-16-35-21/h3-11,16H,2,12-15,17H2,1H3,(H,26,27). The normalized spacial score (nSPS) is 13.3. The topological polar surface area (TPSA) is 101 Å². The van der Waals surface area contributed by atoms with E-state index in [1.54, 1.807) is 34.2 Å². The number of ether oxygens (including phenoxy) is 2. The van der Waals surface area contributed by atoms with Gasteiger partial charge < -0.3 is 24.6 Å². The molecule has 1 aliphatic heterocycles. The minimum absolute atomic E-state index is 0.0253. The highest BCUT2D eigenvalue weighted by Gasteiger charge is 2.26. The van der Waals surface area contributed by atoms with E-state index in [1.807, 2.05) is 42.6 Å². The van der Waals surface area contributed by atoms with Crippen LogP contribution in [0.4, 0.5) is 11.5 Å². The molecule has 2 amide bonds. The summed E-state index contributed by atoms with van der Waals surface area (Å²) in [7, 11) is 0. The predicted molar refractivity (Wildman–Crippen MR) is 132 cm³/mol. The lowest BCUT2D eigenvalue weighted by Crippen LogP contribution is -2.51. The molecule has 3 heterocycles. The van der Waals surface area contributed by atoms with Crippen molar-refractivity contribution in [3.63, 3.8) is 0 Å². The summed E-state index contributed by atoms with van der Waals surface area (Å²) in [4.78, 5) is 46.0. The zero-order valence-electron chi connectivity index (χ0n) is 19.3. The third-order valence-electron chi connectivity index (χ3n) is 5.43. The highest BCUT2D eigenvalue weighted by atomic mass is 32.1. The highest BCUT2D eigenvalue weighted by molar-refractivity contribution is 7.12. The first-order valence-corrected chi connectivity index (χ1v) is 12.2. The Hall–Kier alpha value is -3.92. The molecular formula is C25H26N4O5S. The van der Waals surface area contributed by atoms with E-state index in [9.17, 15) is 14.4 Å². The predicted octanol–water partition coefficient (Wildman–Crippen LogP) is 3.43. The largest absolute Gasteiger partial charge is 0.494 e. The van der Waals surface area contributed by atoms with Crippen LogP contribution in [0.1, 0.15) is 27.0 Å². The molecule has 0 bridgehead atoms. The van der Waals surface area contributed by atoms with Crippen molar-refractivity contribution in [3.8, 4) is 5.75 Å². The molecule has 1 aromatic carbocycles. The average Bonchev–Trinajstić information content (AvgIpc) is 3.43. The Morgan fingerprint density at radius 1 is 1.00 bits per heavy atom. The molecule has 0 spiro atoms. The summed E-state index contributed by atoms with van der Waals surface area (Å²) >= 11 is 1.40. The van der Waals surface area contributed by atoms with Crippen LogP contribution in [0.2, 0.25) is 0 Å². The van der Waals surface area contributed by atoms with Crippen molar-refractivity contribution in [3.05, 3.63) is 70.5 Å². The fourth-order valence-corrected chi connectivity index (χ4v) is 4.31. The number of piperazine rings is 1. The Kier molecular flexibility index (Phi) is 7.94. The maximum atomic E-state index is 12.7. The van der Waals surface area contributed by atoms with Gasteiger partial charge in [-0.05, 0) is 54.8 Å². The van der Waals surface area contributed by atoms with Crippen LogP contribution >= 0.6 is 11.3 Å². The van der Waals surface area contributed by atoms with Gasteiger partial charge in [-0.25, -0.2) is 9.78 Å². The first-order valence-electron chi connectivity index (χ1n) is 11.3. The second-order valence-electron chi connectivity index (χ2n) is 7.71. The van der Waals surface area contributed by atoms with Crippen LogP contribution < -0.4 is 10.1 Å². The van der Waals surface area contributed by atoms with E-state index in [0.29, 0.717) is 43.5 Å². The van der Waals surface area contributed by atoms with Gasteiger partial charge in [-0.2, -0.15) is 0 Å². The van der Waals surface area contributed by atoms with Crippen LogP contribution in [-0.4, -0.2) is 72.0 Å². The summed E-state index contributed by atoms with van der Waals surface area (Å²) in [6.45, 7) is 3.77. The molecular weight excluding hydrogens is 468 g/mol. The van der Waals surface area contributed by atoms with Crippen molar-refractivity contribution in [2.75, 3.05) is 44.7 Å². The van der Waals surface area contributed by atoms with E-state index in [2.05, 4.69) is 10.3 Å². The van der Waals surface area contributed by atoms with Crippen molar-refractivity contribution < 1.29 is 23.9 Å². The monoisotopic (exact) mass is 494 g/mol. The number of amides is 2. The van der Waals surface area contributed by atoms with E-state index in [1.165, 1.54) is 11.3 Å². The SMILES string of the molecule is CCOc1ccc(Nc2ncccc2C(=O)OCC(=O)N2CCN(C(=O)c3cccs3)CC2)cc1. The molecule has 4 rings (SSSR count). The molecule has 1 N–H and O–H groups in total. The lowest BCUT2D eigenvalue weighted by molar-refractivity contribution is -0.136. The Bertz CT molecular complexity index is 1160. The summed E-state index contributed by atoms with van der Waals surface area (Å²) in [5, 5.41) is 4.97. The van der Waals surface area contributed by atoms with Crippen LogP contribution in [-0.2, 0) is 9.53 Å². The zero-order chi connectivity index (χ0) is 24.6. The van der Waals surface area contributed by atoms with Crippen molar-refractivity contribution >= 4 is 40.6 Å². The third kappa shape index (κ3) is 6.15. The lowest BCUT2D eigenvalue weighted by Gasteiger charge is -2.34. The molecule has 0 unspecified atom stereocenters. The molecule has 0 aliphatic carbocycles. The Labute approximate surface area is 207 Å². The summed E-state index contributed by atoms with van der Waals surface area (Å²) in [5.41, 5.74) is 0.952. The van der Waals surface area contributed by atoms with Crippen LogP contribution in [0.5, 0.6) is 5.75 Å². The third-order valence-corrected chi connectivity index (χ3v) is 6.29. The molecule has 0 radical (unpaired) electrons. The number of nitrogens with one attached hydrogen (secondary N) is 1. The summed E-state index contributed by atoms with van der Waals surface area (Å²) in [6.07, 6.45) is 1.57. The molecule has 0 saturated carbocycles. The number of nitrogens with zero attached hydrogens (tertiary/aromatic N) is 3. The molecule has 0 atom stereocenters. The minimum Gasteiger partial charge on any atom is -0.494 e. The van der Waals surface area contributed by atoms with Gasteiger partial charge in [-0.15, -0.1) is 11.3 Å². The van der Waals surface area contributed by atoms with Crippen LogP contribution in [0.25, 0.3) is 0 Å². The van der Waals surface area contributed by atoms with Gasteiger partial charge in [0.2, 0.25) is 0 Å². The molecule has 1 saturated heterocycles. The first-order chi connectivity index (χ1) is 17.0. The van der Waals surface area contributed by atoms with E-state index in [0.717, 1.165) is 11.4 Å². The van der Waals surface area contributed by atoms with E-state index < -0.39 is 5.97 Å². The number of esters is 1. The fourth-order valence-electron chi connectivity index (χ4n) is 3.62. The molecule has 182 valence electrons. The fraction of sp³-hybridized carbons (Fsp3) is 0.280. The van der Waals surface area contributed by atoms with Crippen molar-refractivity contribution in [2.24, 2.45) is 0 Å². The number of rotatable bonds is 8. The van der Waals surface area contributed by atoms with Gasteiger partial charge in [-0.3, -0.25) is 9.59 Å². The van der Waals surface area contributed by atoms with Crippen LogP contribution in [0.15, 0.2) is 60.1 Å². The van der Waals surface area contributed by atoms with Crippen LogP contribution in [0, 0.1) is 0 Å². The summed E-state index contributed by atoms with van der Waals surface area (Å²) < 4.78 is 10.7. The molecule has 3 aromatic rings. The number of carbonyl (C=O) groups excluding carboxylic acids is 3. The number of carbonyl (C=O) groups is 3. The van der Waals surface area contributed by atoms with E-state index >= 15 is 0 Å². The van der Waals surface area contributed by atoms with Gasteiger partial charge in [-0.1, -0.05) is 6.07 Å². The summed E-state index contributed by atoms with van der Waals surface area (Å²) in [6, 6.07) is 14.1. The van der Waals surface area contributed by atoms with Gasteiger partial charge in [0.15, 0.2) is 6.61 Å². The van der Waals surface area contributed by atoms with Crippen molar-refractivity contribution in [2.45, 2.75) is 6.92 Å². The number of thiophene rings is 1. The second-order valence-corrected chi connectivity index (χ2v) is 8.66. The number of aromatic nitrogens is 1. The van der Waals surface area contributed by atoms with Gasteiger partial charge in [0.05, 0.1) is 11.5 Å². The highest BCUT2D eigenvalue weighted by Crippen LogP contribution is 2.22. The van der Waals surface area contributed by atoms with Gasteiger partial charge in [0.1, 0.15) is 17.1 Å². The van der Waals surface area contributed by atoms with Gasteiger partial charge in [0.25, 0.3) is 11.8 Å². The average molecular weight is 495 g/mol. The molecule has 10 heteroatoms. The zero-order valence-corrected chi connectivity index (χ0v) is 20.1. The van der Waals surface area contributed by atoms with Gasteiger partial charge in [0, 0.05) is 38.1 Å². The Morgan fingerprint density at radius 2 is 1.74 bits per heavy atom.